The van der Waals surface area contributed by atoms with Crippen molar-refractivity contribution in [2.75, 3.05) is 34.4 Å². The molecule has 0 aromatic heterocycles. The summed E-state index contributed by atoms with van der Waals surface area (Å²) in [6.45, 7) is 1.23. The fraction of sp³-hybridized carbons (Fsp3) is 0.533. The Morgan fingerprint density at radius 3 is 2.33 bits per heavy atom. The molecule has 1 unspecified atom stereocenters. The summed E-state index contributed by atoms with van der Waals surface area (Å²) < 4.78 is 16.6. The molecule has 1 aliphatic heterocycles. The second kappa shape index (κ2) is 6.67. The number of amides is 1. The van der Waals surface area contributed by atoms with Crippen LogP contribution >= 0.6 is 0 Å². The molecule has 1 saturated heterocycles. The van der Waals surface area contributed by atoms with E-state index in [1.807, 2.05) is 12.1 Å². The van der Waals surface area contributed by atoms with Gasteiger partial charge in [0.1, 0.15) is 0 Å². The van der Waals surface area contributed by atoms with Crippen molar-refractivity contribution in [2.24, 2.45) is 5.73 Å². The molecule has 1 heterocycles. The number of likely N-dealkylation sites (N-methyl/N-ethyl adjacent to an activating group) is 1. The summed E-state index contributed by atoms with van der Waals surface area (Å²) in [6, 6.07) is 3.74. The molecule has 0 radical (unpaired) electrons. The Labute approximate surface area is 124 Å². The highest BCUT2D eigenvalue weighted by molar-refractivity contribution is 5.83. The van der Waals surface area contributed by atoms with Crippen LogP contribution in [0.25, 0.3) is 0 Å². The molecule has 6 nitrogen and oxygen atoms in total. The lowest BCUT2D eigenvalue weighted by atomic mass is 10.1. The van der Waals surface area contributed by atoms with E-state index >= 15 is 0 Å². The average Bonchev–Trinajstić information content (AvgIpc) is 2.80. The fourth-order valence-corrected chi connectivity index (χ4v) is 2.40. The maximum atomic E-state index is 12.0. The molecule has 0 bridgehead atoms. The van der Waals surface area contributed by atoms with Gasteiger partial charge in [0.15, 0.2) is 17.6 Å². The van der Waals surface area contributed by atoms with Crippen molar-refractivity contribution in [1.82, 2.24) is 4.90 Å². The summed E-state index contributed by atoms with van der Waals surface area (Å²) in [7, 11) is 4.90. The molecule has 1 fully saturated rings. The topological polar surface area (TPSA) is 74.0 Å². The number of hydrogen-bond acceptors (Lipinski definition) is 5. The molecule has 21 heavy (non-hydrogen) atoms. The Bertz CT molecular complexity index is 493. The number of nitrogens with zero attached hydrogens (tertiary/aromatic N) is 1. The standard InChI is InChI=1S/C15H22N2O4/c1-17-7-5-11(15(17)18)21-14-12(19-2)8-10(4-6-16)9-13(14)20-3/h8-9,11H,4-7,16H2,1-3H3. The predicted octanol–water partition coefficient (Wildman–Crippen LogP) is 0.815. The molecule has 1 atom stereocenters. The third-order valence-corrected chi connectivity index (χ3v) is 3.59. The van der Waals surface area contributed by atoms with Gasteiger partial charge < -0.3 is 24.8 Å². The molecule has 0 saturated carbocycles. The summed E-state index contributed by atoms with van der Waals surface area (Å²) in [5.41, 5.74) is 6.59. The van der Waals surface area contributed by atoms with Gasteiger partial charge in [-0.25, -0.2) is 0 Å². The first kappa shape index (κ1) is 15.4. The normalized spacial score (nSPS) is 18.0. The number of ether oxygens (including phenoxy) is 3. The molecule has 1 aromatic carbocycles. The van der Waals surface area contributed by atoms with Crippen molar-refractivity contribution in [1.29, 1.82) is 0 Å². The molecule has 6 heteroatoms. The average molecular weight is 294 g/mol. The van der Waals surface area contributed by atoms with Crippen molar-refractivity contribution < 1.29 is 19.0 Å². The lowest BCUT2D eigenvalue weighted by Crippen LogP contribution is -2.29. The molecule has 116 valence electrons. The van der Waals surface area contributed by atoms with Gasteiger partial charge in [-0.15, -0.1) is 0 Å². The summed E-state index contributed by atoms with van der Waals surface area (Å²) >= 11 is 0. The van der Waals surface area contributed by atoms with Crippen molar-refractivity contribution in [3.8, 4) is 17.2 Å². The van der Waals surface area contributed by atoms with Crippen LogP contribution in [0.1, 0.15) is 12.0 Å². The molecular weight excluding hydrogens is 272 g/mol. The summed E-state index contributed by atoms with van der Waals surface area (Å²) in [5, 5.41) is 0. The van der Waals surface area contributed by atoms with Crippen LogP contribution in [-0.4, -0.2) is 51.3 Å². The first-order valence-corrected chi connectivity index (χ1v) is 6.97. The van der Waals surface area contributed by atoms with E-state index in [2.05, 4.69) is 0 Å². The summed E-state index contributed by atoms with van der Waals surface area (Å²) in [4.78, 5) is 13.6. The van der Waals surface area contributed by atoms with Crippen LogP contribution in [0.5, 0.6) is 17.2 Å². The minimum atomic E-state index is -0.488. The van der Waals surface area contributed by atoms with Gasteiger partial charge in [0.2, 0.25) is 5.75 Å². The van der Waals surface area contributed by atoms with E-state index < -0.39 is 6.10 Å². The number of nitrogens with two attached hydrogens (primary N) is 1. The molecule has 1 aromatic rings. The van der Waals surface area contributed by atoms with Crippen LogP contribution < -0.4 is 19.9 Å². The molecular formula is C15H22N2O4. The number of hydrogen-bond donors (Lipinski definition) is 1. The molecule has 1 amide bonds. The molecule has 2 rings (SSSR count). The van der Waals surface area contributed by atoms with Gasteiger partial charge in [0.05, 0.1) is 14.2 Å². The Balaban J connectivity index is 2.30. The predicted molar refractivity (Wildman–Crippen MR) is 79.0 cm³/mol. The van der Waals surface area contributed by atoms with Gasteiger partial charge >= 0.3 is 0 Å². The minimum Gasteiger partial charge on any atom is -0.493 e. The van der Waals surface area contributed by atoms with E-state index in [0.29, 0.717) is 36.8 Å². The zero-order valence-corrected chi connectivity index (χ0v) is 12.7. The van der Waals surface area contributed by atoms with E-state index in [-0.39, 0.29) is 5.91 Å². The fourth-order valence-electron chi connectivity index (χ4n) is 2.40. The molecule has 1 aliphatic rings. The highest BCUT2D eigenvalue weighted by atomic mass is 16.5. The number of benzene rings is 1. The highest BCUT2D eigenvalue weighted by Crippen LogP contribution is 2.40. The van der Waals surface area contributed by atoms with Crippen LogP contribution in [0.2, 0.25) is 0 Å². The number of rotatable bonds is 6. The summed E-state index contributed by atoms with van der Waals surface area (Å²) in [6.07, 6.45) is 0.891. The third kappa shape index (κ3) is 3.21. The lowest BCUT2D eigenvalue weighted by molar-refractivity contribution is -0.132. The minimum absolute atomic E-state index is 0.0230. The van der Waals surface area contributed by atoms with Gasteiger partial charge in [0, 0.05) is 20.0 Å². The molecule has 0 spiro atoms. The Kier molecular flexibility index (Phi) is 4.90. The van der Waals surface area contributed by atoms with E-state index in [0.717, 1.165) is 12.0 Å². The van der Waals surface area contributed by atoms with Crippen LogP contribution in [0.15, 0.2) is 12.1 Å². The summed E-state index contributed by atoms with van der Waals surface area (Å²) in [5.74, 6) is 1.56. The smallest absolute Gasteiger partial charge is 0.263 e. The maximum absolute atomic E-state index is 12.0. The molecule has 0 aliphatic carbocycles. The first-order chi connectivity index (χ1) is 10.1. The van der Waals surface area contributed by atoms with Gasteiger partial charge in [-0.3, -0.25) is 4.79 Å². The number of likely N-dealkylation sites (tertiary alicyclic amines) is 1. The third-order valence-electron chi connectivity index (χ3n) is 3.59. The van der Waals surface area contributed by atoms with Crippen LogP contribution in [0, 0.1) is 0 Å². The van der Waals surface area contributed by atoms with Crippen molar-refractivity contribution >= 4 is 5.91 Å². The van der Waals surface area contributed by atoms with Crippen LogP contribution in [0.3, 0.4) is 0 Å². The van der Waals surface area contributed by atoms with E-state index in [4.69, 9.17) is 19.9 Å². The Hall–Kier alpha value is -1.95. The van der Waals surface area contributed by atoms with Crippen LogP contribution in [-0.2, 0) is 11.2 Å². The second-order valence-electron chi connectivity index (χ2n) is 5.02. The van der Waals surface area contributed by atoms with Gasteiger partial charge in [-0.2, -0.15) is 0 Å². The van der Waals surface area contributed by atoms with E-state index in [9.17, 15) is 4.79 Å². The Morgan fingerprint density at radius 1 is 1.29 bits per heavy atom. The van der Waals surface area contributed by atoms with Gasteiger partial charge in [-0.1, -0.05) is 0 Å². The van der Waals surface area contributed by atoms with E-state index in [1.165, 1.54) is 0 Å². The quantitative estimate of drug-likeness (QED) is 0.840. The van der Waals surface area contributed by atoms with Crippen molar-refractivity contribution in [3.63, 3.8) is 0 Å². The number of carbonyl (C=O) groups is 1. The van der Waals surface area contributed by atoms with Crippen LogP contribution in [0.4, 0.5) is 0 Å². The Morgan fingerprint density at radius 2 is 1.90 bits per heavy atom. The zero-order valence-electron chi connectivity index (χ0n) is 12.7. The zero-order chi connectivity index (χ0) is 15.4. The highest BCUT2D eigenvalue weighted by Gasteiger charge is 2.32. The largest absolute Gasteiger partial charge is 0.493 e. The van der Waals surface area contributed by atoms with Crippen molar-refractivity contribution in [2.45, 2.75) is 18.9 Å². The van der Waals surface area contributed by atoms with E-state index in [1.54, 1.807) is 26.2 Å². The number of carbonyl (C=O) groups excluding carboxylic acids is 1. The van der Waals surface area contributed by atoms with Gasteiger partial charge in [-0.05, 0) is 30.7 Å². The second-order valence-corrected chi connectivity index (χ2v) is 5.02. The van der Waals surface area contributed by atoms with Gasteiger partial charge in [0.25, 0.3) is 5.91 Å². The molecule has 2 N–H and O–H groups in total. The lowest BCUT2D eigenvalue weighted by Gasteiger charge is -2.19. The SMILES string of the molecule is COc1cc(CCN)cc(OC)c1OC1CCN(C)C1=O. The van der Waals surface area contributed by atoms with Crippen molar-refractivity contribution in [3.05, 3.63) is 17.7 Å². The first-order valence-electron chi connectivity index (χ1n) is 6.97. The number of methoxy groups -OCH3 is 2. The monoisotopic (exact) mass is 294 g/mol. The maximum Gasteiger partial charge on any atom is 0.263 e.